The van der Waals surface area contributed by atoms with Gasteiger partial charge in [0.15, 0.2) is 0 Å². The third-order valence-electron chi connectivity index (χ3n) is 1.70. The second-order valence-electron chi connectivity index (χ2n) is 4.24. The number of ether oxygens (including phenoxy) is 4. The standard InChI is InChI=1S/C8H18O3.C6H14O/c1-3-9-5-7-11-8-6-10-4-2;1-5(2)7-6(3)4/h3-8H2,1-2H3;5-6H,1-4H3. The molecule has 0 spiro atoms. The first kappa shape index (κ1) is 20.2. The van der Waals surface area contributed by atoms with Crippen LogP contribution >= 0.6 is 0 Å². The molecule has 0 saturated heterocycles. The quantitative estimate of drug-likeness (QED) is 0.569. The first-order valence-corrected chi connectivity index (χ1v) is 6.93. The van der Waals surface area contributed by atoms with Gasteiger partial charge < -0.3 is 18.9 Å². The van der Waals surface area contributed by atoms with Crippen molar-refractivity contribution in [2.24, 2.45) is 0 Å². The van der Waals surface area contributed by atoms with E-state index in [1.165, 1.54) is 0 Å². The topological polar surface area (TPSA) is 36.9 Å². The van der Waals surface area contributed by atoms with Gasteiger partial charge in [-0.05, 0) is 41.5 Å². The van der Waals surface area contributed by atoms with Crippen LogP contribution in [-0.4, -0.2) is 51.8 Å². The van der Waals surface area contributed by atoms with E-state index in [-0.39, 0.29) is 0 Å². The average Bonchev–Trinajstić information content (AvgIpc) is 2.27. The fraction of sp³-hybridized carbons (Fsp3) is 1.00. The summed E-state index contributed by atoms with van der Waals surface area (Å²) < 4.78 is 20.6. The monoisotopic (exact) mass is 264 g/mol. The molecule has 0 radical (unpaired) electrons. The van der Waals surface area contributed by atoms with E-state index < -0.39 is 0 Å². The summed E-state index contributed by atoms with van der Waals surface area (Å²) >= 11 is 0. The average molecular weight is 264 g/mol. The van der Waals surface area contributed by atoms with Gasteiger partial charge in [0, 0.05) is 13.2 Å². The second kappa shape index (κ2) is 16.8. The fourth-order valence-electron chi connectivity index (χ4n) is 1.17. The SMILES string of the molecule is CC(C)OC(C)C.CCOCCOCCOCC. The van der Waals surface area contributed by atoms with E-state index in [4.69, 9.17) is 18.9 Å². The molecule has 0 aliphatic rings. The van der Waals surface area contributed by atoms with Gasteiger partial charge in [-0.1, -0.05) is 0 Å². The molecule has 0 aromatic carbocycles. The van der Waals surface area contributed by atoms with Crippen molar-refractivity contribution >= 4 is 0 Å². The molecular weight excluding hydrogens is 232 g/mol. The smallest absolute Gasteiger partial charge is 0.0701 e. The summed E-state index contributed by atoms with van der Waals surface area (Å²) in [6.07, 6.45) is 0.750. The maximum absolute atomic E-state index is 5.25. The lowest BCUT2D eigenvalue weighted by Gasteiger charge is -2.09. The molecule has 0 saturated carbocycles. The third kappa shape index (κ3) is 24.9. The van der Waals surface area contributed by atoms with Gasteiger partial charge in [-0.25, -0.2) is 0 Å². The summed E-state index contributed by atoms with van der Waals surface area (Å²) in [4.78, 5) is 0. The molecule has 0 aromatic heterocycles. The summed E-state index contributed by atoms with van der Waals surface area (Å²) in [7, 11) is 0. The molecular formula is C14H32O4. The lowest BCUT2D eigenvalue weighted by Crippen LogP contribution is -2.09. The van der Waals surface area contributed by atoms with Gasteiger partial charge >= 0.3 is 0 Å². The van der Waals surface area contributed by atoms with Gasteiger partial charge in [0.1, 0.15) is 0 Å². The molecule has 0 bridgehead atoms. The lowest BCUT2D eigenvalue weighted by molar-refractivity contribution is 0.0195. The van der Waals surface area contributed by atoms with Crippen LogP contribution in [0.25, 0.3) is 0 Å². The van der Waals surface area contributed by atoms with Crippen molar-refractivity contribution in [2.75, 3.05) is 39.6 Å². The zero-order valence-electron chi connectivity index (χ0n) is 13.0. The lowest BCUT2D eigenvalue weighted by atomic mass is 10.4. The summed E-state index contributed by atoms with van der Waals surface area (Å²) in [6, 6.07) is 0. The van der Waals surface area contributed by atoms with Crippen molar-refractivity contribution < 1.29 is 18.9 Å². The first-order chi connectivity index (χ1) is 8.54. The molecule has 4 nitrogen and oxygen atoms in total. The van der Waals surface area contributed by atoms with Crippen LogP contribution < -0.4 is 0 Å². The summed E-state index contributed by atoms with van der Waals surface area (Å²) in [6.45, 7) is 16.3. The van der Waals surface area contributed by atoms with Crippen molar-refractivity contribution in [1.29, 1.82) is 0 Å². The predicted octanol–water partition coefficient (Wildman–Crippen LogP) is 2.90. The number of hydrogen-bond acceptors (Lipinski definition) is 4. The van der Waals surface area contributed by atoms with Crippen LogP contribution in [0.1, 0.15) is 41.5 Å². The van der Waals surface area contributed by atoms with Crippen molar-refractivity contribution in [3.05, 3.63) is 0 Å². The molecule has 0 aromatic rings. The Morgan fingerprint density at radius 1 is 0.611 bits per heavy atom. The van der Waals surface area contributed by atoms with Gasteiger partial charge in [-0.15, -0.1) is 0 Å². The Bertz CT molecular complexity index is 124. The van der Waals surface area contributed by atoms with E-state index in [2.05, 4.69) is 0 Å². The molecule has 4 heteroatoms. The van der Waals surface area contributed by atoms with Crippen molar-refractivity contribution in [3.8, 4) is 0 Å². The Morgan fingerprint density at radius 3 is 1.17 bits per heavy atom. The van der Waals surface area contributed by atoms with E-state index in [0.717, 1.165) is 13.2 Å². The Kier molecular flexibility index (Phi) is 18.9. The molecule has 0 aliphatic heterocycles. The molecule has 0 rings (SSSR count). The molecule has 0 unspecified atom stereocenters. The summed E-state index contributed by atoms with van der Waals surface area (Å²) in [5.41, 5.74) is 0. The molecule has 112 valence electrons. The minimum atomic E-state index is 0.375. The molecule has 0 fully saturated rings. The second-order valence-corrected chi connectivity index (χ2v) is 4.24. The van der Waals surface area contributed by atoms with Crippen LogP contribution in [0, 0.1) is 0 Å². The predicted molar refractivity (Wildman–Crippen MR) is 75.2 cm³/mol. The molecule has 0 N–H and O–H groups in total. The van der Waals surface area contributed by atoms with Crippen molar-refractivity contribution in [3.63, 3.8) is 0 Å². The summed E-state index contributed by atoms with van der Waals surface area (Å²) in [5, 5.41) is 0. The minimum absolute atomic E-state index is 0.375. The van der Waals surface area contributed by atoms with Gasteiger partial charge in [0.05, 0.1) is 38.6 Å². The highest BCUT2D eigenvalue weighted by Crippen LogP contribution is 1.93. The Labute approximate surface area is 113 Å². The van der Waals surface area contributed by atoms with E-state index in [1.54, 1.807) is 0 Å². The van der Waals surface area contributed by atoms with Gasteiger partial charge in [0.25, 0.3) is 0 Å². The zero-order valence-corrected chi connectivity index (χ0v) is 13.0. The molecule has 0 heterocycles. The first-order valence-electron chi connectivity index (χ1n) is 6.93. The molecule has 0 aliphatic carbocycles. The Hall–Kier alpha value is -0.160. The van der Waals surface area contributed by atoms with Crippen molar-refractivity contribution in [1.82, 2.24) is 0 Å². The van der Waals surface area contributed by atoms with Crippen LogP contribution in [0.2, 0.25) is 0 Å². The largest absolute Gasteiger partial charge is 0.379 e. The van der Waals surface area contributed by atoms with Gasteiger partial charge in [-0.3, -0.25) is 0 Å². The van der Waals surface area contributed by atoms with Crippen LogP contribution in [0.15, 0.2) is 0 Å². The zero-order chi connectivity index (χ0) is 14.2. The van der Waals surface area contributed by atoms with Crippen LogP contribution in [-0.2, 0) is 18.9 Å². The third-order valence-corrected chi connectivity index (χ3v) is 1.70. The highest BCUT2D eigenvalue weighted by molar-refractivity contribution is 4.40. The fourth-order valence-corrected chi connectivity index (χ4v) is 1.17. The van der Waals surface area contributed by atoms with E-state index in [1.807, 2.05) is 41.5 Å². The van der Waals surface area contributed by atoms with Crippen molar-refractivity contribution in [2.45, 2.75) is 53.8 Å². The molecule has 18 heavy (non-hydrogen) atoms. The maximum Gasteiger partial charge on any atom is 0.0701 e. The maximum atomic E-state index is 5.25. The molecule has 0 amide bonds. The van der Waals surface area contributed by atoms with Crippen LogP contribution in [0.4, 0.5) is 0 Å². The van der Waals surface area contributed by atoms with E-state index in [0.29, 0.717) is 38.6 Å². The molecule has 0 atom stereocenters. The van der Waals surface area contributed by atoms with Crippen LogP contribution in [0.3, 0.4) is 0 Å². The normalized spacial score (nSPS) is 10.7. The summed E-state index contributed by atoms with van der Waals surface area (Å²) in [5.74, 6) is 0. The Morgan fingerprint density at radius 2 is 0.944 bits per heavy atom. The van der Waals surface area contributed by atoms with Gasteiger partial charge in [-0.2, -0.15) is 0 Å². The highest BCUT2D eigenvalue weighted by atomic mass is 16.5. The number of hydrogen-bond donors (Lipinski definition) is 0. The Balaban J connectivity index is 0. The van der Waals surface area contributed by atoms with Gasteiger partial charge in [0.2, 0.25) is 0 Å². The highest BCUT2D eigenvalue weighted by Gasteiger charge is 1.94. The van der Waals surface area contributed by atoms with Crippen LogP contribution in [0.5, 0.6) is 0 Å². The minimum Gasteiger partial charge on any atom is -0.379 e. The van der Waals surface area contributed by atoms with E-state index in [9.17, 15) is 0 Å². The number of rotatable bonds is 10. The van der Waals surface area contributed by atoms with E-state index >= 15 is 0 Å².